The summed E-state index contributed by atoms with van der Waals surface area (Å²) < 4.78 is 13.5. The molecule has 1 fully saturated rings. The average Bonchev–Trinajstić information content (AvgIpc) is 2.38. The van der Waals surface area contributed by atoms with Gasteiger partial charge in [-0.25, -0.2) is 4.39 Å². The third-order valence-electron chi connectivity index (χ3n) is 3.99. The van der Waals surface area contributed by atoms with Crippen LogP contribution in [0.3, 0.4) is 0 Å². The highest BCUT2D eigenvalue weighted by Crippen LogP contribution is 2.16. The lowest BCUT2D eigenvalue weighted by Crippen LogP contribution is -2.58. The van der Waals surface area contributed by atoms with E-state index in [4.69, 9.17) is 0 Å². The molecule has 3 heteroatoms. The number of halogens is 1. The van der Waals surface area contributed by atoms with Crippen LogP contribution >= 0.6 is 0 Å². The van der Waals surface area contributed by atoms with Gasteiger partial charge in [0, 0.05) is 31.7 Å². The first kappa shape index (κ1) is 13.5. The van der Waals surface area contributed by atoms with Crippen molar-refractivity contribution in [2.45, 2.75) is 32.2 Å². The molecule has 2 rings (SSSR count). The van der Waals surface area contributed by atoms with Crippen LogP contribution < -0.4 is 5.32 Å². The van der Waals surface area contributed by atoms with E-state index in [2.05, 4.69) is 24.1 Å². The van der Waals surface area contributed by atoms with E-state index >= 15 is 0 Å². The second-order valence-electron chi connectivity index (χ2n) is 5.46. The molecule has 18 heavy (non-hydrogen) atoms. The maximum atomic E-state index is 13.5. The number of hydrogen-bond donors (Lipinski definition) is 1. The normalized spacial score (nSPS) is 25.3. The Hall–Kier alpha value is -0.930. The SMILES string of the molecule is CCC1(C)CN(CCc2ccccc2F)CCN1. The van der Waals surface area contributed by atoms with Gasteiger partial charge in [0.2, 0.25) is 0 Å². The molecule has 0 aliphatic carbocycles. The predicted molar refractivity (Wildman–Crippen MR) is 73.2 cm³/mol. The standard InChI is InChI=1S/C15H23FN2/c1-3-15(2)12-18(11-9-17-15)10-8-13-6-4-5-7-14(13)16/h4-7,17H,3,8-12H2,1-2H3. The molecular weight excluding hydrogens is 227 g/mol. The third-order valence-corrected chi connectivity index (χ3v) is 3.99. The van der Waals surface area contributed by atoms with Crippen LogP contribution in [-0.4, -0.2) is 36.6 Å². The zero-order valence-electron chi connectivity index (χ0n) is 11.4. The second kappa shape index (κ2) is 5.81. The number of benzene rings is 1. The number of nitrogens with one attached hydrogen (secondary N) is 1. The first-order valence-corrected chi connectivity index (χ1v) is 6.84. The van der Waals surface area contributed by atoms with Crippen LogP contribution in [0, 0.1) is 5.82 Å². The zero-order chi connectivity index (χ0) is 13.0. The fraction of sp³-hybridized carbons (Fsp3) is 0.600. The van der Waals surface area contributed by atoms with Gasteiger partial charge >= 0.3 is 0 Å². The van der Waals surface area contributed by atoms with E-state index < -0.39 is 0 Å². The molecule has 0 amide bonds. The van der Waals surface area contributed by atoms with Crippen LogP contribution in [0.25, 0.3) is 0 Å². The molecule has 1 saturated heterocycles. The van der Waals surface area contributed by atoms with Gasteiger partial charge in [-0.15, -0.1) is 0 Å². The van der Waals surface area contributed by atoms with Crippen molar-refractivity contribution < 1.29 is 4.39 Å². The molecule has 0 aromatic heterocycles. The Kier molecular flexibility index (Phi) is 4.36. The van der Waals surface area contributed by atoms with E-state index in [1.165, 1.54) is 0 Å². The lowest BCUT2D eigenvalue weighted by molar-refractivity contribution is 0.141. The summed E-state index contributed by atoms with van der Waals surface area (Å²) in [4.78, 5) is 2.44. The first-order chi connectivity index (χ1) is 8.63. The van der Waals surface area contributed by atoms with E-state index in [1.54, 1.807) is 12.1 Å². The lowest BCUT2D eigenvalue weighted by atomic mass is 9.95. The van der Waals surface area contributed by atoms with E-state index in [0.717, 1.165) is 44.6 Å². The molecule has 1 aliphatic heterocycles. The number of hydrogen-bond acceptors (Lipinski definition) is 2. The summed E-state index contributed by atoms with van der Waals surface area (Å²) in [6.45, 7) is 8.57. The Morgan fingerprint density at radius 1 is 1.39 bits per heavy atom. The molecule has 1 aromatic carbocycles. The summed E-state index contributed by atoms with van der Waals surface area (Å²) in [5.41, 5.74) is 1.04. The smallest absolute Gasteiger partial charge is 0.126 e. The molecule has 2 nitrogen and oxygen atoms in total. The van der Waals surface area contributed by atoms with Gasteiger partial charge in [0.05, 0.1) is 0 Å². The molecule has 1 unspecified atom stereocenters. The van der Waals surface area contributed by atoms with Crippen LogP contribution in [0.2, 0.25) is 0 Å². The molecule has 0 radical (unpaired) electrons. The maximum absolute atomic E-state index is 13.5. The van der Waals surface area contributed by atoms with Gasteiger partial charge in [0.1, 0.15) is 5.82 Å². The van der Waals surface area contributed by atoms with Crippen molar-refractivity contribution in [1.82, 2.24) is 10.2 Å². The molecule has 1 N–H and O–H groups in total. The summed E-state index contributed by atoms with van der Waals surface area (Å²) in [5.74, 6) is -0.0779. The maximum Gasteiger partial charge on any atom is 0.126 e. The third kappa shape index (κ3) is 3.30. The molecule has 1 atom stereocenters. The highest BCUT2D eigenvalue weighted by molar-refractivity contribution is 5.17. The van der Waals surface area contributed by atoms with Crippen molar-refractivity contribution in [2.75, 3.05) is 26.2 Å². The van der Waals surface area contributed by atoms with Crippen molar-refractivity contribution in [3.05, 3.63) is 35.6 Å². The Morgan fingerprint density at radius 3 is 2.89 bits per heavy atom. The van der Waals surface area contributed by atoms with Crippen LogP contribution in [-0.2, 0) is 6.42 Å². The molecule has 0 spiro atoms. The second-order valence-corrected chi connectivity index (χ2v) is 5.46. The van der Waals surface area contributed by atoms with Gasteiger partial charge in [-0.2, -0.15) is 0 Å². The van der Waals surface area contributed by atoms with Crippen molar-refractivity contribution in [2.24, 2.45) is 0 Å². The zero-order valence-corrected chi connectivity index (χ0v) is 11.4. The van der Waals surface area contributed by atoms with Gasteiger partial charge in [-0.3, -0.25) is 4.90 Å². The molecule has 0 saturated carbocycles. The number of rotatable bonds is 4. The summed E-state index contributed by atoms with van der Waals surface area (Å²) in [6, 6.07) is 7.09. The fourth-order valence-electron chi connectivity index (χ4n) is 2.55. The molecule has 1 aliphatic rings. The van der Waals surface area contributed by atoms with Crippen molar-refractivity contribution >= 4 is 0 Å². The van der Waals surface area contributed by atoms with Crippen LogP contribution in [0.15, 0.2) is 24.3 Å². The van der Waals surface area contributed by atoms with Gasteiger partial charge < -0.3 is 5.32 Å². The molecule has 1 aromatic rings. The summed E-state index contributed by atoms with van der Waals surface area (Å²) in [6.07, 6.45) is 1.93. The number of nitrogens with zero attached hydrogens (tertiary/aromatic N) is 1. The molecule has 100 valence electrons. The summed E-state index contributed by atoms with van der Waals surface area (Å²) >= 11 is 0. The lowest BCUT2D eigenvalue weighted by Gasteiger charge is -2.41. The molecule has 1 heterocycles. The van der Waals surface area contributed by atoms with Crippen molar-refractivity contribution in [3.63, 3.8) is 0 Å². The monoisotopic (exact) mass is 250 g/mol. The van der Waals surface area contributed by atoms with Gasteiger partial charge in [0.25, 0.3) is 0 Å². The van der Waals surface area contributed by atoms with Gasteiger partial charge in [-0.05, 0) is 31.4 Å². The highest BCUT2D eigenvalue weighted by Gasteiger charge is 2.28. The molecular formula is C15H23FN2. The first-order valence-electron chi connectivity index (χ1n) is 6.84. The minimum Gasteiger partial charge on any atom is -0.309 e. The van der Waals surface area contributed by atoms with Crippen LogP contribution in [0.4, 0.5) is 4.39 Å². The Bertz CT molecular complexity index is 394. The largest absolute Gasteiger partial charge is 0.309 e. The molecule has 0 bridgehead atoms. The fourth-order valence-corrected chi connectivity index (χ4v) is 2.55. The summed E-state index contributed by atoms with van der Waals surface area (Å²) in [5, 5.41) is 3.57. The van der Waals surface area contributed by atoms with Crippen LogP contribution in [0.5, 0.6) is 0 Å². The van der Waals surface area contributed by atoms with Crippen molar-refractivity contribution in [1.29, 1.82) is 0 Å². The van der Waals surface area contributed by atoms with Gasteiger partial charge in [0.15, 0.2) is 0 Å². The van der Waals surface area contributed by atoms with E-state index in [0.29, 0.717) is 0 Å². The highest BCUT2D eigenvalue weighted by atomic mass is 19.1. The topological polar surface area (TPSA) is 15.3 Å². The van der Waals surface area contributed by atoms with E-state index in [9.17, 15) is 4.39 Å². The Balaban J connectivity index is 1.89. The van der Waals surface area contributed by atoms with E-state index in [-0.39, 0.29) is 11.4 Å². The minimum atomic E-state index is -0.0779. The van der Waals surface area contributed by atoms with Crippen LogP contribution in [0.1, 0.15) is 25.8 Å². The van der Waals surface area contributed by atoms with Gasteiger partial charge in [-0.1, -0.05) is 25.1 Å². The van der Waals surface area contributed by atoms with E-state index in [1.807, 2.05) is 12.1 Å². The minimum absolute atomic E-state index is 0.0779. The van der Waals surface area contributed by atoms with Crippen molar-refractivity contribution in [3.8, 4) is 0 Å². The predicted octanol–water partition coefficient (Wildman–Crippen LogP) is 2.44. The summed E-state index contributed by atoms with van der Waals surface area (Å²) in [7, 11) is 0. The quantitative estimate of drug-likeness (QED) is 0.883. The Labute approximate surface area is 109 Å². The Morgan fingerprint density at radius 2 is 2.17 bits per heavy atom. The number of piperazine rings is 1. The average molecular weight is 250 g/mol.